The summed E-state index contributed by atoms with van der Waals surface area (Å²) in [6.45, 7) is 0.662. The molecule has 0 aliphatic rings. The average molecular weight is 336 g/mol. The number of nitrogens with zero attached hydrogens (tertiary/aromatic N) is 2. The SMILES string of the molecule is CN(C)C(=N)c1ccc(C(=O)NCCOc2cccc(C#N)c2)cc1. The molecule has 6 nitrogen and oxygen atoms in total. The Labute approximate surface area is 147 Å². The van der Waals surface area contributed by atoms with Crippen LogP contribution in [0.1, 0.15) is 21.5 Å². The Balaban J connectivity index is 1.82. The van der Waals surface area contributed by atoms with Gasteiger partial charge >= 0.3 is 0 Å². The number of hydrogen-bond donors (Lipinski definition) is 2. The summed E-state index contributed by atoms with van der Waals surface area (Å²) in [5.74, 6) is 0.789. The molecule has 0 radical (unpaired) electrons. The fraction of sp³-hybridized carbons (Fsp3) is 0.211. The van der Waals surface area contributed by atoms with Crippen molar-refractivity contribution in [3.05, 3.63) is 65.2 Å². The summed E-state index contributed by atoms with van der Waals surface area (Å²) in [7, 11) is 3.60. The molecular weight excluding hydrogens is 316 g/mol. The summed E-state index contributed by atoms with van der Waals surface area (Å²) in [6.07, 6.45) is 0. The number of hydrogen-bond acceptors (Lipinski definition) is 4. The first-order chi connectivity index (χ1) is 12.0. The van der Waals surface area contributed by atoms with E-state index in [1.807, 2.05) is 6.07 Å². The van der Waals surface area contributed by atoms with Crippen molar-refractivity contribution in [3.63, 3.8) is 0 Å². The van der Waals surface area contributed by atoms with Gasteiger partial charge < -0.3 is 15.0 Å². The molecule has 0 atom stereocenters. The molecule has 2 aromatic rings. The minimum atomic E-state index is -0.197. The summed E-state index contributed by atoms with van der Waals surface area (Å²) in [6, 6.07) is 15.8. The Morgan fingerprint density at radius 1 is 1.20 bits per heavy atom. The minimum Gasteiger partial charge on any atom is -0.492 e. The molecule has 0 bridgehead atoms. The van der Waals surface area contributed by atoms with E-state index in [2.05, 4.69) is 5.32 Å². The maximum Gasteiger partial charge on any atom is 0.251 e. The van der Waals surface area contributed by atoms with Crippen molar-refractivity contribution in [2.75, 3.05) is 27.2 Å². The van der Waals surface area contributed by atoms with Crippen molar-refractivity contribution in [1.29, 1.82) is 10.7 Å². The van der Waals surface area contributed by atoms with E-state index in [0.717, 1.165) is 5.56 Å². The first kappa shape index (κ1) is 18.0. The van der Waals surface area contributed by atoms with Gasteiger partial charge in [-0.25, -0.2) is 0 Å². The monoisotopic (exact) mass is 336 g/mol. The van der Waals surface area contributed by atoms with Gasteiger partial charge in [-0.15, -0.1) is 0 Å². The Morgan fingerprint density at radius 2 is 1.88 bits per heavy atom. The fourth-order valence-electron chi connectivity index (χ4n) is 2.13. The summed E-state index contributed by atoms with van der Waals surface area (Å²) in [4.78, 5) is 13.8. The van der Waals surface area contributed by atoms with Gasteiger partial charge in [0, 0.05) is 25.2 Å². The van der Waals surface area contributed by atoms with Crippen LogP contribution < -0.4 is 10.1 Å². The second kappa shape index (κ2) is 8.50. The largest absolute Gasteiger partial charge is 0.492 e. The Kier molecular flexibility index (Phi) is 6.13. The number of carbonyl (C=O) groups is 1. The Bertz CT molecular complexity index is 792. The number of amides is 1. The van der Waals surface area contributed by atoms with Crippen molar-refractivity contribution >= 4 is 11.7 Å². The van der Waals surface area contributed by atoms with E-state index in [9.17, 15) is 4.79 Å². The molecule has 0 aliphatic carbocycles. The number of amidine groups is 1. The van der Waals surface area contributed by atoms with Gasteiger partial charge in [0.1, 0.15) is 18.2 Å². The van der Waals surface area contributed by atoms with Crippen LogP contribution in [0.5, 0.6) is 5.75 Å². The van der Waals surface area contributed by atoms with E-state index in [0.29, 0.717) is 35.9 Å². The first-order valence-electron chi connectivity index (χ1n) is 7.78. The summed E-state index contributed by atoms with van der Waals surface area (Å²) < 4.78 is 5.51. The van der Waals surface area contributed by atoms with Crippen molar-refractivity contribution < 1.29 is 9.53 Å². The van der Waals surface area contributed by atoms with Gasteiger partial charge in [-0.05, 0) is 30.3 Å². The maximum absolute atomic E-state index is 12.1. The van der Waals surface area contributed by atoms with Gasteiger partial charge in [0.25, 0.3) is 5.91 Å². The lowest BCUT2D eigenvalue weighted by molar-refractivity contribution is 0.0947. The molecule has 0 saturated heterocycles. The van der Waals surface area contributed by atoms with Gasteiger partial charge in [0.15, 0.2) is 0 Å². The summed E-state index contributed by atoms with van der Waals surface area (Å²) in [5, 5.41) is 19.5. The van der Waals surface area contributed by atoms with Crippen LogP contribution in [0.25, 0.3) is 0 Å². The van der Waals surface area contributed by atoms with Crippen LogP contribution in [0.4, 0.5) is 0 Å². The zero-order valence-electron chi connectivity index (χ0n) is 14.2. The zero-order valence-corrected chi connectivity index (χ0v) is 14.2. The van der Waals surface area contributed by atoms with Crippen LogP contribution in [-0.2, 0) is 0 Å². The second-order valence-corrected chi connectivity index (χ2v) is 5.56. The number of carbonyl (C=O) groups excluding carboxylic acids is 1. The van der Waals surface area contributed by atoms with E-state index < -0.39 is 0 Å². The molecule has 25 heavy (non-hydrogen) atoms. The molecule has 0 aliphatic heterocycles. The average Bonchev–Trinajstić information content (AvgIpc) is 2.64. The fourth-order valence-corrected chi connectivity index (χ4v) is 2.13. The lowest BCUT2D eigenvalue weighted by Gasteiger charge is -2.14. The van der Waals surface area contributed by atoms with Crippen molar-refractivity contribution in [2.24, 2.45) is 0 Å². The summed E-state index contributed by atoms with van der Waals surface area (Å²) in [5.41, 5.74) is 1.81. The molecule has 0 unspecified atom stereocenters. The molecule has 0 aromatic heterocycles. The van der Waals surface area contributed by atoms with Crippen LogP contribution in [0.15, 0.2) is 48.5 Å². The molecule has 0 heterocycles. The van der Waals surface area contributed by atoms with E-state index in [1.165, 1.54) is 0 Å². The smallest absolute Gasteiger partial charge is 0.251 e. The van der Waals surface area contributed by atoms with Crippen molar-refractivity contribution in [1.82, 2.24) is 10.2 Å². The predicted octanol–water partition coefficient (Wildman–Crippen LogP) is 2.25. The van der Waals surface area contributed by atoms with Crippen LogP contribution in [0, 0.1) is 16.7 Å². The van der Waals surface area contributed by atoms with Gasteiger partial charge in [0.2, 0.25) is 0 Å². The van der Waals surface area contributed by atoms with E-state index >= 15 is 0 Å². The molecule has 128 valence electrons. The van der Waals surface area contributed by atoms with Gasteiger partial charge in [-0.1, -0.05) is 18.2 Å². The number of nitrogens with one attached hydrogen (secondary N) is 2. The third kappa shape index (κ3) is 5.08. The minimum absolute atomic E-state index is 0.197. The van der Waals surface area contributed by atoms with Gasteiger partial charge in [0.05, 0.1) is 18.2 Å². The molecule has 0 fully saturated rings. The van der Waals surface area contributed by atoms with Gasteiger partial charge in [-0.3, -0.25) is 10.2 Å². The molecule has 0 spiro atoms. The molecular formula is C19H20N4O2. The van der Waals surface area contributed by atoms with E-state index in [-0.39, 0.29) is 5.91 Å². The van der Waals surface area contributed by atoms with Crippen LogP contribution in [0.3, 0.4) is 0 Å². The van der Waals surface area contributed by atoms with Crippen LogP contribution in [0.2, 0.25) is 0 Å². The highest BCUT2D eigenvalue weighted by Crippen LogP contribution is 2.12. The summed E-state index contributed by atoms with van der Waals surface area (Å²) >= 11 is 0. The molecule has 2 aromatic carbocycles. The quantitative estimate of drug-likeness (QED) is 0.481. The predicted molar refractivity (Wildman–Crippen MR) is 95.9 cm³/mol. The van der Waals surface area contributed by atoms with E-state index in [1.54, 1.807) is 67.5 Å². The second-order valence-electron chi connectivity index (χ2n) is 5.56. The highest BCUT2D eigenvalue weighted by atomic mass is 16.5. The maximum atomic E-state index is 12.1. The zero-order chi connectivity index (χ0) is 18.2. The Hall–Kier alpha value is -3.33. The third-order valence-electron chi connectivity index (χ3n) is 3.49. The normalized spacial score (nSPS) is 9.80. The molecule has 2 N–H and O–H groups in total. The number of nitriles is 1. The topological polar surface area (TPSA) is 89.2 Å². The van der Waals surface area contributed by atoms with Crippen LogP contribution >= 0.6 is 0 Å². The highest BCUT2D eigenvalue weighted by Gasteiger charge is 2.07. The Morgan fingerprint density at radius 3 is 2.52 bits per heavy atom. The lowest BCUT2D eigenvalue weighted by atomic mass is 10.1. The first-order valence-corrected chi connectivity index (χ1v) is 7.78. The third-order valence-corrected chi connectivity index (χ3v) is 3.49. The molecule has 0 saturated carbocycles. The van der Waals surface area contributed by atoms with Crippen LogP contribution in [-0.4, -0.2) is 43.9 Å². The number of rotatable bonds is 6. The lowest BCUT2D eigenvalue weighted by Crippen LogP contribution is -2.28. The highest BCUT2D eigenvalue weighted by molar-refractivity contribution is 5.98. The van der Waals surface area contributed by atoms with Crippen molar-refractivity contribution in [2.45, 2.75) is 0 Å². The molecule has 1 amide bonds. The van der Waals surface area contributed by atoms with E-state index in [4.69, 9.17) is 15.4 Å². The number of ether oxygens (including phenoxy) is 1. The standard InChI is InChI=1S/C19H20N4O2/c1-23(2)18(21)15-6-8-16(9-7-15)19(24)22-10-11-25-17-5-3-4-14(12-17)13-20/h3-9,12,21H,10-11H2,1-2H3,(H,22,24). The number of benzene rings is 2. The van der Waals surface area contributed by atoms with Crippen molar-refractivity contribution in [3.8, 4) is 11.8 Å². The molecule has 6 heteroatoms. The molecule has 2 rings (SSSR count). The van der Waals surface area contributed by atoms with Gasteiger partial charge in [-0.2, -0.15) is 5.26 Å².